The number of anilines is 1. The molecule has 2 rings (SSSR count). The molecule has 0 bridgehead atoms. The molecule has 1 saturated heterocycles. The van der Waals surface area contributed by atoms with Gasteiger partial charge < -0.3 is 15.5 Å². The topological polar surface area (TPSA) is 79.5 Å². The quantitative estimate of drug-likeness (QED) is 0.877. The summed E-state index contributed by atoms with van der Waals surface area (Å²) in [4.78, 5) is 30.1. The number of pyridine rings is 1. The summed E-state index contributed by atoms with van der Waals surface area (Å²) in [6, 6.07) is 1.38. The lowest BCUT2D eigenvalue weighted by Gasteiger charge is -2.35. The Balaban J connectivity index is 1.94. The van der Waals surface area contributed by atoms with E-state index in [1.165, 1.54) is 17.2 Å². The highest BCUT2D eigenvalue weighted by molar-refractivity contribution is 6.33. The number of halogens is 4. The average Bonchev–Trinajstić information content (AvgIpc) is 2.48. The third-order valence-electron chi connectivity index (χ3n) is 3.39. The first-order chi connectivity index (χ1) is 10.7. The molecule has 1 aliphatic rings. The fraction of sp³-hybridized carbons (Fsp3) is 0.462. The molecule has 0 atom stereocenters. The number of nitrogens with two attached hydrogens (primary N) is 1. The second kappa shape index (κ2) is 6.61. The summed E-state index contributed by atoms with van der Waals surface area (Å²) >= 11 is 5.81. The summed E-state index contributed by atoms with van der Waals surface area (Å²) in [6.07, 6.45) is -4.74. The summed E-state index contributed by atoms with van der Waals surface area (Å²) in [5, 5.41) is 0.148. The largest absolute Gasteiger partial charge is 0.397 e. The van der Waals surface area contributed by atoms with Crippen molar-refractivity contribution in [3.8, 4) is 0 Å². The molecule has 23 heavy (non-hydrogen) atoms. The van der Waals surface area contributed by atoms with Crippen LogP contribution < -0.4 is 5.73 Å². The van der Waals surface area contributed by atoms with E-state index in [1.54, 1.807) is 0 Å². The van der Waals surface area contributed by atoms with Gasteiger partial charge in [0.15, 0.2) is 0 Å². The molecule has 1 aliphatic heterocycles. The lowest BCUT2D eigenvalue weighted by molar-refractivity contribution is -0.162. The third kappa shape index (κ3) is 4.47. The van der Waals surface area contributed by atoms with E-state index in [0.717, 1.165) is 4.90 Å². The van der Waals surface area contributed by atoms with E-state index in [-0.39, 0.29) is 48.5 Å². The third-order valence-corrected chi connectivity index (χ3v) is 3.69. The van der Waals surface area contributed by atoms with E-state index in [0.29, 0.717) is 0 Å². The SMILES string of the molecule is Nc1ncc(C(=O)N2CCN(C(=O)CC(F)(F)F)CC2)cc1Cl. The summed E-state index contributed by atoms with van der Waals surface area (Å²) in [6.45, 7) is 0.391. The van der Waals surface area contributed by atoms with Gasteiger partial charge >= 0.3 is 6.18 Å². The standard InChI is InChI=1S/C13H14ClF3N4O2/c14-9-5-8(7-19-11(9)18)12(23)21-3-1-20(2-4-21)10(22)6-13(15,16)17/h5,7H,1-4,6H2,(H2,18,19). The number of carbonyl (C=O) groups is 2. The van der Waals surface area contributed by atoms with Crippen LogP contribution in [0, 0.1) is 0 Å². The molecule has 2 N–H and O–H groups in total. The molecule has 0 unspecified atom stereocenters. The molecule has 10 heteroatoms. The Morgan fingerprint density at radius 2 is 1.78 bits per heavy atom. The van der Waals surface area contributed by atoms with E-state index in [4.69, 9.17) is 17.3 Å². The maximum atomic E-state index is 12.3. The summed E-state index contributed by atoms with van der Waals surface area (Å²) in [7, 11) is 0. The second-order valence-corrected chi connectivity index (χ2v) is 5.46. The van der Waals surface area contributed by atoms with Gasteiger partial charge in [0.1, 0.15) is 12.2 Å². The van der Waals surface area contributed by atoms with Gasteiger partial charge in [0.05, 0.1) is 10.6 Å². The van der Waals surface area contributed by atoms with Crippen molar-refractivity contribution in [3.05, 3.63) is 22.8 Å². The minimum atomic E-state index is -4.53. The molecule has 2 amide bonds. The first-order valence-corrected chi connectivity index (χ1v) is 7.10. The summed E-state index contributed by atoms with van der Waals surface area (Å²) < 4.78 is 36.6. The number of alkyl halides is 3. The highest BCUT2D eigenvalue weighted by atomic mass is 35.5. The van der Waals surface area contributed by atoms with Gasteiger partial charge in [-0.3, -0.25) is 9.59 Å². The van der Waals surface area contributed by atoms with Crippen molar-refractivity contribution in [1.82, 2.24) is 14.8 Å². The number of rotatable bonds is 2. The molecule has 1 aromatic rings. The van der Waals surface area contributed by atoms with E-state index in [1.807, 2.05) is 0 Å². The smallest absolute Gasteiger partial charge is 0.382 e. The van der Waals surface area contributed by atoms with Crippen LogP contribution in [0.15, 0.2) is 12.3 Å². The van der Waals surface area contributed by atoms with Crippen molar-refractivity contribution in [2.24, 2.45) is 0 Å². The number of aromatic nitrogens is 1. The van der Waals surface area contributed by atoms with Crippen LogP contribution in [-0.2, 0) is 4.79 Å². The second-order valence-electron chi connectivity index (χ2n) is 5.06. The maximum Gasteiger partial charge on any atom is 0.397 e. The van der Waals surface area contributed by atoms with Crippen molar-refractivity contribution in [2.75, 3.05) is 31.9 Å². The summed E-state index contributed by atoms with van der Waals surface area (Å²) in [5.41, 5.74) is 5.70. The van der Waals surface area contributed by atoms with Crippen molar-refractivity contribution < 1.29 is 22.8 Å². The molecular weight excluding hydrogens is 337 g/mol. The van der Waals surface area contributed by atoms with Crippen molar-refractivity contribution in [3.63, 3.8) is 0 Å². The van der Waals surface area contributed by atoms with Crippen LogP contribution in [0.4, 0.5) is 19.0 Å². The van der Waals surface area contributed by atoms with Gasteiger partial charge in [0.2, 0.25) is 5.91 Å². The first-order valence-electron chi connectivity index (χ1n) is 6.72. The first kappa shape index (κ1) is 17.3. The molecule has 0 aliphatic carbocycles. The van der Waals surface area contributed by atoms with Gasteiger partial charge in [0, 0.05) is 32.4 Å². The van der Waals surface area contributed by atoms with E-state index in [2.05, 4.69) is 4.98 Å². The number of hydrogen-bond acceptors (Lipinski definition) is 4. The van der Waals surface area contributed by atoms with Gasteiger partial charge in [-0.15, -0.1) is 0 Å². The van der Waals surface area contributed by atoms with Crippen LogP contribution in [0.3, 0.4) is 0 Å². The van der Waals surface area contributed by atoms with Gasteiger partial charge in [-0.25, -0.2) is 4.98 Å². The Labute approximate surface area is 135 Å². The van der Waals surface area contributed by atoms with Crippen molar-refractivity contribution >= 4 is 29.2 Å². The van der Waals surface area contributed by atoms with Crippen molar-refractivity contribution in [2.45, 2.75) is 12.6 Å². The van der Waals surface area contributed by atoms with Gasteiger partial charge in [-0.2, -0.15) is 13.2 Å². The Hall–Kier alpha value is -2.03. The average molecular weight is 351 g/mol. The molecule has 0 spiro atoms. The normalized spacial score (nSPS) is 15.7. The Morgan fingerprint density at radius 3 is 2.30 bits per heavy atom. The van der Waals surface area contributed by atoms with Gasteiger partial charge in [0.25, 0.3) is 5.91 Å². The minimum Gasteiger partial charge on any atom is -0.382 e. The number of nitrogen functional groups attached to an aromatic ring is 1. The number of nitrogens with zero attached hydrogens (tertiary/aromatic N) is 3. The number of carbonyl (C=O) groups excluding carboxylic acids is 2. The van der Waals surface area contributed by atoms with E-state index >= 15 is 0 Å². The monoisotopic (exact) mass is 350 g/mol. The number of amides is 2. The number of piperazine rings is 1. The molecular formula is C13H14ClF3N4O2. The highest BCUT2D eigenvalue weighted by Crippen LogP contribution is 2.22. The Bertz CT molecular complexity index is 616. The highest BCUT2D eigenvalue weighted by Gasteiger charge is 2.35. The lowest BCUT2D eigenvalue weighted by Crippen LogP contribution is -2.51. The summed E-state index contributed by atoms with van der Waals surface area (Å²) in [5.74, 6) is -1.24. The van der Waals surface area contributed by atoms with Crippen LogP contribution in [0.2, 0.25) is 5.02 Å². The Morgan fingerprint density at radius 1 is 1.22 bits per heavy atom. The fourth-order valence-corrected chi connectivity index (χ4v) is 2.36. The molecule has 1 aromatic heterocycles. The van der Waals surface area contributed by atoms with Gasteiger partial charge in [-0.1, -0.05) is 11.6 Å². The zero-order chi connectivity index (χ0) is 17.2. The van der Waals surface area contributed by atoms with Crippen LogP contribution in [0.1, 0.15) is 16.8 Å². The van der Waals surface area contributed by atoms with E-state index in [9.17, 15) is 22.8 Å². The van der Waals surface area contributed by atoms with Gasteiger partial charge in [-0.05, 0) is 6.07 Å². The molecule has 0 aromatic carbocycles. The molecule has 0 saturated carbocycles. The van der Waals surface area contributed by atoms with Crippen molar-refractivity contribution in [1.29, 1.82) is 0 Å². The Kier molecular flexibility index (Phi) is 4.98. The molecule has 126 valence electrons. The molecule has 0 radical (unpaired) electrons. The zero-order valence-electron chi connectivity index (χ0n) is 11.9. The van der Waals surface area contributed by atoms with E-state index < -0.39 is 18.5 Å². The lowest BCUT2D eigenvalue weighted by atomic mass is 10.2. The molecule has 6 nitrogen and oxygen atoms in total. The van der Waals surface area contributed by atoms with Crippen LogP contribution in [-0.4, -0.2) is 59.0 Å². The van der Waals surface area contributed by atoms with Crippen LogP contribution in [0.25, 0.3) is 0 Å². The van der Waals surface area contributed by atoms with Crippen LogP contribution >= 0.6 is 11.6 Å². The minimum absolute atomic E-state index is 0.0524. The predicted octanol–water partition coefficient (Wildman–Crippen LogP) is 1.55. The maximum absolute atomic E-state index is 12.3. The fourth-order valence-electron chi connectivity index (χ4n) is 2.19. The zero-order valence-corrected chi connectivity index (χ0v) is 12.7. The predicted molar refractivity (Wildman–Crippen MR) is 76.8 cm³/mol. The molecule has 1 fully saturated rings. The molecule has 2 heterocycles. The van der Waals surface area contributed by atoms with Crippen LogP contribution in [0.5, 0.6) is 0 Å². The number of hydrogen-bond donors (Lipinski definition) is 1.